The van der Waals surface area contributed by atoms with Gasteiger partial charge >= 0.3 is 0 Å². The molecule has 4 heteroatoms. The third-order valence-corrected chi connectivity index (χ3v) is 5.46. The normalized spacial score (nSPS) is 20.2. The molecule has 0 aliphatic heterocycles. The fourth-order valence-electron chi connectivity index (χ4n) is 3.05. The van der Waals surface area contributed by atoms with Gasteiger partial charge in [0.15, 0.2) is 0 Å². The highest BCUT2D eigenvalue weighted by molar-refractivity contribution is 5.48. The summed E-state index contributed by atoms with van der Waals surface area (Å²) in [6.45, 7) is 16.8. The van der Waals surface area contributed by atoms with E-state index in [1.165, 1.54) is 0 Å². The van der Waals surface area contributed by atoms with E-state index >= 15 is 0 Å². The van der Waals surface area contributed by atoms with Crippen molar-refractivity contribution in [2.24, 2.45) is 16.7 Å². The molecule has 0 unspecified atom stereocenters. The van der Waals surface area contributed by atoms with Crippen molar-refractivity contribution in [3.63, 3.8) is 0 Å². The molecular formula is C17H30N4. The summed E-state index contributed by atoms with van der Waals surface area (Å²) in [5.41, 5.74) is 0.735. The second-order valence-electron chi connectivity index (χ2n) is 8.34. The Morgan fingerprint density at radius 2 is 1.57 bits per heavy atom. The average molecular weight is 290 g/mol. The van der Waals surface area contributed by atoms with Crippen molar-refractivity contribution in [3.05, 3.63) is 11.9 Å². The molecule has 1 heterocycles. The van der Waals surface area contributed by atoms with Crippen molar-refractivity contribution in [2.45, 2.75) is 53.9 Å². The molecule has 1 fully saturated rings. The summed E-state index contributed by atoms with van der Waals surface area (Å²) in [5, 5.41) is 6.64. The first kappa shape index (κ1) is 16.1. The molecule has 1 aromatic rings. The lowest BCUT2D eigenvalue weighted by Crippen LogP contribution is -2.19. The molecule has 2 N–H and O–H groups in total. The van der Waals surface area contributed by atoms with E-state index in [4.69, 9.17) is 0 Å². The van der Waals surface area contributed by atoms with Gasteiger partial charge in [0.1, 0.15) is 17.5 Å². The van der Waals surface area contributed by atoms with Crippen molar-refractivity contribution in [1.29, 1.82) is 0 Å². The van der Waals surface area contributed by atoms with Gasteiger partial charge in [-0.25, -0.2) is 9.97 Å². The maximum absolute atomic E-state index is 4.69. The molecule has 0 spiro atoms. The predicted octanol–water partition coefficient (Wildman–Crippen LogP) is 3.91. The van der Waals surface area contributed by atoms with Crippen LogP contribution in [-0.4, -0.2) is 23.6 Å². The zero-order valence-corrected chi connectivity index (χ0v) is 14.8. The van der Waals surface area contributed by atoms with Crippen LogP contribution in [0.2, 0.25) is 0 Å². The summed E-state index contributed by atoms with van der Waals surface area (Å²) < 4.78 is 0. The van der Waals surface area contributed by atoms with Crippen LogP contribution >= 0.6 is 0 Å². The molecular weight excluding hydrogens is 260 g/mol. The van der Waals surface area contributed by atoms with Crippen LogP contribution in [0.5, 0.6) is 0 Å². The van der Waals surface area contributed by atoms with Gasteiger partial charge in [-0.05, 0) is 16.7 Å². The molecule has 1 aromatic heterocycles. The molecule has 118 valence electrons. The first-order chi connectivity index (χ1) is 9.50. The molecule has 4 nitrogen and oxygen atoms in total. The van der Waals surface area contributed by atoms with E-state index in [2.05, 4.69) is 69.1 Å². The van der Waals surface area contributed by atoms with Crippen molar-refractivity contribution in [2.75, 3.05) is 24.2 Å². The van der Waals surface area contributed by atoms with Gasteiger partial charge in [0.25, 0.3) is 0 Å². The van der Waals surface area contributed by atoms with Crippen LogP contribution in [0.25, 0.3) is 0 Å². The maximum Gasteiger partial charge on any atom is 0.138 e. The standard InChI is InChI=1S/C17H30N4/c1-15(2,3)14-20-12(18-8)9-13(21-14)19-10-11-16(4,5)17(11,6)7/h9,11H,10H2,1-8H3,(H2,18,19,20,21). The van der Waals surface area contributed by atoms with Crippen LogP contribution in [0.4, 0.5) is 11.6 Å². The fraction of sp³-hybridized carbons (Fsp3) is 0.765. The highest BCUT2D eigenvalue weighted by atomic mass is 15.1. The molecule has 1 aliphatic carbocycles. The van der Waals surface area contributed by atoms with Crippen LogP contribution in [0.3, 0.4) is 0 Å². The quantitative estimate of drug-likeness (QED) is 0.882. The summed E-state index contributed by atoms with van der Waals surface area (Å²) in [5.74, 6) is 3.33. The molecule has 0 aromatic carbocycles. The number of hydrogen-bond acceptors (Lipinski definition) is 4. The zero-order valence-electron chi connectivity index (χ0n) is 14.8. The minimum Gasteiger partial charge on any atom is -0.373 e. The lowest BCUT2D eigenvalue weighted by molar-refractivity contribution is 0.457. The molecule has 0 saturated heterocycles. The third kappa shape index (κ3) is 2.85. The van der Waals surface area contributed by atoms with Crippen molar-refractivity contribution in [3.8, 4) is 0 Å². The number of nitrogens with one attached hydrogen (secondary N) is 2. The van der Waals surface area contributed by atoms with Crippen LogP contribution in [0.1, 0.15) is 54.3 Å². The Hall–Kier alpha value is -1.32. The Morgan fingerprint density at radius 3 is 2.00 bits per heavy atom. The molecule has 0 bridgehead atoms. The van der Waals surface area contributed by atoms with Gasteiger partial charge in [0.05, 0.1) is 0 Å². The number of rotatable bonds is 4. The van der Waals surface area contributed by atoms with Crippen molar-refractivity contribution in [1.82, 2.24) is 9.97 Å². The van der Waals surface area contributed by atoms with Gasteiger partial charge in [-0.15, -0.1) is 0 Å². The summed E-state index contributed by atoms with van der Waals surface area (Å²) in [6.07, 6.45) is 0. The molecule has 21 heavy (non-hydrogen) atoms. The highest BCUT2D eigenvalue weighted by Gasteiger charge is 2.64. The number of nitrogens with zero attached hydrogens (tertiary/aromatic N) is 2. The smallest absolute Gasteiger partial charge is 0.138 e. The average Bonchev–Trinajstić information content (AvgIpc) is 2.75. The SMILES string of the molecule is CNc1cc(NCC2C(C)(C)C2(C)C)nc(C(C)(C)C)n1. The lowest BCUT2D eigenvalue weighted by Gasteiger charge is -2.19. The van der Waals surface area contributed by atoms with E-state index in [9.17, 15) is 0 Å². The van der Waals surface area contributed by atoms with E-state index in [-0.39, 0.29) is 5.41 Å². The number of hydrogen-bond donors (Lipinski definition) is 2. The summed E-state index contributed by atoms with van der Waals surface area (Å²) in [7, 11) is 1.89. The Labute approximate surface area is 129 Å². The van der Waals surface area contributed by atoms with Gasteiger partial charge in [-0.3, -0.25) is 0 Å². The number of aromatic nitrogens is 2. The first-order valence-corrected chi connectivity index (χ1v) is 7.81. The second-order valence-corrected chi connectivity index (χ2v) is 8.34. The van der Waals surface area contributed by atoms with Crippen LogP contribution < -0.4 is 10.6 Å². The minimum atomic E-state index is -0.0542. The Bertz CT molecular complexity index is 512. The summed E-state index contributed by atoms with van der Waals surface area (Å²) >= 11 is 0. The topological polar surface area (TPSA) is 49.8 Å². The van der Waals surface area contributed by atoms with Crippen LogP contribution in [0, 0.1) is 16.7 Å². The minimum absolute atomic E-state index is 0.0542. The number of anilines is 2. The molecule has 0 atom stereocenters. The molecule has 0 radical (unpaired) electrons. The Balaban J connectivity index is 2.14. The van der Waals surface area contributed by atoms with Gasteiger partial charge in [0.2, 0.25) is 0 Å². The molecule has 2 rings (SSSR count). The molecule has 0 amide bonds. The summed E-state index contributed by atoms with van der Waals surface area (Å²) in [6, 6.07) is 1.98. The predicted molar refractivity (Wildman–Crippen MR) is 89.8 cm³/mol. The first-order valence-electron chi connectivity index (χ1n) is 7.81. The van der Waals surface area contributed by atoms with Gasteiger partial charge in [-0.2, -0.15) is 0 Å². The molecule has 1 saturated carbocycles. The lowest BCUT2D eigenvalue weighted by atomic mass is 9.96. The van der Waals surface area contributed by atoms with Gasteiger partial charge in [0, 0.05) is 25.1 Å². The van der Waals surface area contributed by atoms with Crippen LogP contribution in [0.15, 0.2) is 6.07 Å². The van der Waals surface area contributed by atoms with E-state index in [0.29, 0.717) is 16.7 Å². The van der Waals surface area contributed by atoms with Gasteiger partial charge < -0.3 is 10.6 Å². The van der Waals surface area contributed by atoms with Crippen molar-refractivity contribution < 1.29 is 0 Å². The zero-order chi connectivity index (χ0) is 16.1. The largest absolute Gasteiger partial charge is 0.373 e. The van der Waals surface area contributed by atoms with E-state index in [1.807, 2.05) is 13.1 Å². The Morgan fingerprint density at radius 1 is 1.05 bits per heavy atom. The van der Waals surface area contributed by atoms with E-state index in [1.54, 1.807) is 0 Å². The van der Waals surface area contributed by atoms with E-state index < -0.39 is 0 Å². The maximum atomic E-state index is 4.69. The van der Waals surface area contributed by atoms with Crippen molar-refractivity contribution >= 4 is 11.6 Å². The second kappa shape index (κ2) is 4.85. The Kier molecular flexibility index (Phi) is 3.71. The summed E-state index contributed by atoms with van der Waals surface area (Å²) in [4.78, 5) is 9.25. The molecule has 1 aliphatic rings. The monoisotopic (exact) mass is 290 g/mol. The fourth-order valence-corrected chi connectivity index (χ4v) is 3.05. The third-order valence-electron chi connectivity index (χ3n) is 5.46. The van der Waals surface area contributed by atoms with E-state index in [0.717, 1.165) is 24.0 Å². The van der Waals surface area contributed by atoms with Crippen LogP contribution in [-0.2, 0) is 5.41 Å². The van der Waals surface area contributed by atoms with Gasteiger partial charge in [-0.1, -0.05) is 48.5 Å². The highest BCUT2D eigenvalue weighted by Crippen LogP contribution is 2.68.